The van der Waals surface area contributed by atoms with E-state index in [9.17, 15) is 0 Å². The van der Waals surface area contributed by atoms with Crippen LogP contribution < -0.4 is 10.4 Å². The monoisotopic (exact) mass is 306 g/mol. The van der Waals surface area contributed by atoms with E-state index in [4.69, 9.17) is 0 Å². The summed E-state index contributed by atoms with van der Waals surface area (Å²) < 4.78 is 0. The molecule has 1 aliphatic carbocycles. The molecule has 3 rings (SSSR count). The molecule has 1 heteroatoms. The molecule has 0 spiro atoms. The summed E-state index contributed by atoms with van der Waals surface area (Å²) in [6.07, 6.45) is 9.55. The highest BCUT2D eigenvalue weighted by Gasteiger charge is 2.29. The van der Waals surface area contributed by atoms with Crippen molar-refractivity contribution in [1.29, 1.82) is 0 Å². The lowest BCUT2D eigenvalue weighted by Gasteiger charge is -2.27. The number of benzene rings is 2. The molecule has 1 fully saturated rings. The molecule has 1 saturated carbocycles. The molecule has 22 heavy (non-hydrogen) atoms. The summed E-state index contributed by atoms with van der Waals surface area (Å²) in [5.74, 6) is 0.799. The van der Waals surface area contributed by atoms with Gasteiger partial charge in [0.15, 0.2) is 0 Å². The van der Waals surface area contributed by atoms with Gasteiger partial charge in [0.2, 0.25) is 0 Å². The van der Waals surface area contributed by atoms with Crippen LogP contribution in [-0.4, -0.2) is 8.07 Å². The molecule has 0 atom stereocenters. The Morgan fingerprint density at radius 2 is 1.27 bits per heavy atom. The van der Waals surface area contributed by atoms with Crippen molar-refractivity contribution >= 4 is 18.4 Å². The SMILES string of the molecule is C[Si](/C=C/C1CCCCC1)(c1ccccc1)c1ccccc1. The van der Waals surface area contributed by atoms with Crippen LogP contribution in [0.1, 0.15) is 32.1 Å². The van der Waals surface area contributed by atoms with Crippen molar-refractivity contribution in [1.82, 2.24) is 0 Å². The first kappa shape index (κ1) is 15.3. The van der Waals surface area contributed by atoms with Gasteiger partial charge in [-0.25, -0.2) is 0 Å². The molecule has 114 valence electrons. The van der Waals surface area contributed by atoms with Crippen LogP contribution in [0.5, 0.6) is 0 Å². The van der Waals surface area contributed by atoms with Gasteiger partial charge in [0, 0.05) is 0 Å². The average Bonchev–Trinajstić information content (AvgIpc) is 2.62. The second kappa shape index (κ2) is 7.10. The second-order valence-electron chi connectivity index (χ2n) is 6.69. The van der Waals surface area contributed by atoms with Gasteiger partial charge in [0.1, 0.15) is 8.07 Å². The van der Waals surface area contributed by atoms with Crippen LogP contribution in [0.4, 0.5) is 0 Å². The minimum atomic E-state index is -1.77. The Bertz CT molecular complexity index is 555. The van der Waals surface area contributed by atoms with E-state index in [-0.39, 0.29) is 0 Å². The lowest BCUT2D eigenvalue weighted by Crippen LogP contribution is -2.54. The number of hydrogen-bond acceptors (Lipinski definition) is 0. The highest BCUT2D eigenvalue weighted by molar-refractivity contribution is 7.05. The molecule has 0 nitrogen and oxygen atoms in total. The van der Waals surface area contributed by atoms with Crippen molar-refractivity contribution < 1.29 is 0 Å². The Kier molecular flexibility index (Phi) is 4.94. The minimum Gasteiger partial charge on any atom is -0.0898 e. The van der Waals surface area contributed by atoms with Crippen LogP contribution in [0.25, 0.3) is 0 Å². The molecule has 0 amide bonds. The van der Waals surface area contributed by atoms with Crippen LogP contribution in [-0.2, 0) is 0 Å². The molecular formula is C21H26Si. The van der Waals surface area contributed by atoms with Gasteiger partial charge in [0.25, 0.3) is 0 Å². The molecule has 0 aromatic heterocycles. The molecule has 0 aliphatic heterocycles. The Hall–Kier alpha value is -1.60. The summed E-state index contributed by atoms with van der Waals surface area (Å²) in [6.45, 7) is 2.48. The summed E-state index contributed by atoms with van der Waals surface area (Å²) in [5, 5.41) is 3.02. The third-order valence-corrected chi connectivity index (χ3v) is 9.02. The van der Waals surface area contributed by atoms with E-state index in [1.807, 2.05) is 0 Å². The van der Waals surface area contributed by atoms with Gasteiger partial charge in [-0.2, -0.15) is 0 Å². The molecule has 0 unspecified atom stereocenters. The quantitative estimate of drug-likeness (QED) is 0.727. The summed E-state index contributed by atoms with van der Waals surface area (Å²) in [7, 11) is -1.77. The predicted octanol–water partition coefficient (Wildman–Crippen LogP) is 4.56. The Labute approximate surface area is 135 Å². The molecule has 0 bridgehead atoms. The number of rotatable bonds is 4. The third kappa shape index (κ3) is 3.41. The van der Waals surface area contributed by atoms with Crippen molar-refractivity contribution in [3.63, 3.8) is 0 Å². The zero-order valence-corrected chi connectivity index (χ0v) is 14.5. The van der Waals surface area contributed by atoms with Crippen molar-refractivity contribution in [2.24, 2.45) is 5.92 Å². The maximum atomic E-state index is 2.59. The maximum absolute atomic E-state index is 2.59. The Morgan fingerprint density at radius 1 is 0.773 bits per heavy atom. The van der Waals surface area contributed by atoms with E-state index in [1.54, 1.807) is 0 Å². The first-order valence-electron chi connectivity index (χ1n) is 8.59. The molecule has 2 aromatic rings. The van der Waals surface area contributed by atoms with Crippen molar-refractivity contribution in [2.45, 2.75) is 38.7 Å². The lowest BCUT2D eigenvalue weighted by molar-refractivity contribution is 0.419. The molecule has 0 N–H and O–H groups in total. The van der Waals surface area contributed by atoms with E-state index in [0.29, 0.717) is 0 Å². The van der Waals surface area contributed by atoms with Crippen molar-refractivity contribution in [2.75, 3.05) is 0 Å². The smallest absolute Gasteiger partial charge is 0.0898 e. The highest BCUT2D eigenvalue weighted by atomic mass is 28.3. The van der Waals surface area contributed by atoms with Crippen LogP contribution >= 0.6 is 0 Å². The standard InChI is InChI=1S/C21H26Si/c1-22(20-13-7-3-8-14-20,21-15-9-4-10-16-21)18-17-19-11-5-2-6-12-19/h3-4,7-10,13-19H,2,5-6,11-12H2,1H3/b18-17+. The minimum absolute atomic E-state index is 0.799. The second-order valence-corrected chi connectivity index (χ2v) is 10.6. The zero-order valence-electron chi connectivity index (χ0n) is 13.5. The largest absolute Gasteiger partial charge is 0.137 e. The van der Waals surface area contributed by atoms with Crippen LogP contribution in [0.2, 0.25) is 6.55 Å². The highest BCUT2D eigenvalue weighted by Crippen LogP contribution is 2.25. The summed E-state index contributed by atoms with van der Waals surface area (Å²) >= 11 is 0. The van der Waals surface area contributed by atoms with E-state index in [2.05, 4.69) is 79.0 Å². The molecule has 0 radical (unpaired) electrons. The van der Waals surface area contributed by atoms with Crippen LogP contribution in [0.3, 0.4) is 0 Å². The van der Waals surface area contributed by atoms with Gasteiger partial charge in [0.05, 0.1) is 0 Å². The average molecular weight is 307 g/mol. The summed E-state index contributed by atoms with van der Waals surface area (Å²) in [6, 6.07) is 22.2. The predicted molar refractivity (Wildman–Crippen MR) is 99.5 cm³/mol. The number of allylic oxidation sites excluding steroid dienone is 1. The molecule has 1 aliphatic rings. The summed E-state index contributed by atoms with van der Waals surface area (Å²) in [5.41, 5.74) is 2.59. The van der Waals surface area contributed by atoms with Crippen molar-refractivity contribution in [3.05, 3.63) is 72.4 Å². The maximum Gasteiger partial charge on any atom is 0.137 e. The van der Waals surface area contributed by atoms with E-state index >= 15 is 0 Å². The fraction of sp³-hybridized carbons (Fsp3) is 0.333. The first-order chi connectivity index (χ1) is 10.8. The van der Waals surface area contributed by atoms with Crippen LogP contribution in [0, 0.1) is 5.92 Å². The van der Waals surface area contributed by atoms with Gasteiger partial charge in [-0.15, -0.1) is 0 Å². The van der Waals surface area contributed by atoms with Gasteiger partial charge in [-0.3, -0.25) is 0 Å². The topological polar surface area (TPSA) is 0 Å². The first-order valence-corrected chi connectivity index (χ1v) is 11.2. The number of hydrogen-bond donors (Lipinski definition) is 0. The zero-order chi connectivity index (χ0) is 15.3. The molecule has 0 saturated heterocycles. The van der Waals surface area contributed by atoms with Gasteiger partial charge >= 0.3 is 0 Å². The van der Waals surface area contributed by atoms with E-state index in [0.717, 1.165) is 5.92 Å². The molecular weight excluding hydrogens is 280 g/mol. The fourth-order valence-corrected chi connectivity index (χ4v) is 6.73. The van der Waals surface area contributed by atoms with Gasteiger partial charge in [-0.05, 0) is 18.8 Å². The Balaban J connectivity index is 1.94. The fourth-order valence-electron chi connectivity index (χ4n) is 3.58. The van der Waals surface area contributed by atoms with Gasteiger partial charge < -0.3 is 0 Å². The van der Waals surface area contributed by atoms with E-state index in [1.165, 1.54) is 42.5 Å². The van der Waals surface area contributed by atoms with Gasteiger partial charge in [-0.1, -0.05) is 109 Å². The Morgan fingerprint density at radius 3 is 1.77 bits per heavy atom. The normalized spacial score (nSPS) is 17.0. The van der Waals surface area contributed by atoms with Crippen LogP contribution in [0.15, 0.2) is 72.4 Å². The molecule has 2 aromatic carbocycles. The summed E-state index contributed by atoms with van der Waals surface area (Å²) in [4.78, 5) is 0. The molecule has 0 heterocycles. The van der Waals surface area contributed by atoms with Crippen molar-refractivity contribution in [3.8, 4) is 0 Å². The van der Waals surface area contributed by atoms with E-state index < -0.39 is 8.07 Å². The lowest BCUT2D eigenvalue weighted by atomic mass is 9.90. The third-order valence-electron chi connectivity index (χ3n) is 5.10.